The van der Waals surface area contributed by atoms with E-state index in [2.05, 4.69) is 40.2 Å². The maximum absolute atomic E-state index is 9.98. The van der Waals surface area contributed by atoms with Gasteiger partial charge in [-0.15, -0.1) is 0 Å². The minimum Gasteiger partial charge on any atom is -1.00 e. The van der Waals surface area contributed by atoms with Crippen LogP contribution in [0.3, 0.4) is 0 Å². The van der Waals surface area contributed by atoms with Crippen LogP contribution in [-0.4, -0.2) is 50.0 Å². The molecule has 0 aliphatic rings. The van der Waals surface area contributed by atoms with Crippen LogP contribution in [0.5, 0.6) is 5.75 Å². The molecule has 4 heteroatoms. The van der Waals surface area contributed by atoms with Gasteiger partial charge in [0.15, 0.2) is 0 Å². The second-order valence-electron chi connectivity index (χ2n) is 7.95. The molecule has 0 aromatic heterocycles. The minimum atomic E-state index is -0.433. The fraction of sp³-hybridized carbons (Fsp3) is 0.714. The average molecular weight is 372 g/mol. The Morgan fingerprint density at radius 3 is 2.04 bits per heavy atom. The van der Waals surface area contributed by atoms with Crippen molar-refractivity contribution in [2.24, 2.45) is 0 Å². The Morgan fingerprint density at radius 2 is 1.48 bits per heavy atom. The third kappa shape index (κ3) is 13.1. The highest BCUT2D eigenvalue weighted by Gasteiger charge is 2.15. The zero-order valence-corrected chi connectivity index (χ0v) is 17.4. The van der Waals surface area contributed by atoms with Crippen LogP contribution in [0, 0.1) is 0 Å². The van der Waals surface area contributed by atoms with Gasteiger partial charge in [0.2, 0.25) is 0 Å². The number of aliphatic hydroxyl groups is 1. The molecular weight excluding hydrogens is 334 g/mol. The Balaban J connectivity index is 0.00000576. The number of halogens is 1. The summed E-state index contributed by atoms with van der Waals surface area (Å²) in [7, 11) is 6.21. The van der Waals surface area contributed by atoms with Crippen molar-refractivity contribution in [2.45, 2.75) is 64.4 Å². The predicted octanol–water partition coefficient (Wildman–Crippen LogP) is 1.43. The van der Waals surface area contributed by atoms with E-state index in [0.29, 0.717) is 13.2 Å². The highest BCUT2D eigenvalue weighted by atomic mass is 35.5. The van der Waals surface area contributed by atoms with Gasteiger partial charge < -0.3 is 26.7 Å². The van der Waals surface area contributed by atoms with Gasteiger partial charge in [-0.2, -0.15) is 0 Å². The van der Waals surface area contributed by atoms with Gasteiger partial charge in [-0.05, 0) is 30.5 Å². The Hall–Kier alpha value is -0.770. The number of benzene rings is 1. The van der Waals surface area contributed by atoms with E-state index < -0.39 is 6.10 Å². The van der Waals surface area contributed by atoms with Crippen LogP contribution in [0.25, 0.3) is 0 Å². The molecular formula is C21H38ClNO2. The highest BCUT2D eigenvalue weighted by molar-refractivity contribution is 5.27. The van der Waals surface area contributed by atoms with E-state index in [1.165, 1.54) is 50.5 Å². The largest absolute Gasteiger partial charge is 1.00 e. The molecule has 1 N–H and O–H groups in total. The number of rotatable bonds is 13. The molecule has 0 amide bonds. The molecule has 0 radical (unpaired) electrons. The molecule has 1 rings (SSSR count). The maximum atomic E-state index is 9.98. The number of hydrogen-bond donors (Lipinski definition) is 1. The van der Waals surface area contributed by atoms with E-state index in [1.54, 1.807) is 0 Å². The first kappa shape index (κ1) is 24.2. The number of hydrogen-bond acceptors (Lipinski definition) is 2. The zero-order chi connectivity index (χ0) is 17.8. The molecule has 0 heterocycles. The van der Waals surface area contributed by atoms with Gasteiger partial charge in [-0.25, -0.2) is 0 Å². The second-order valence-corrected chi connectivity index (χ2v) is 7.95. The van der Waals surface area contributed by atoms with E-state index >= 15 is 0 Å². The van der Waals surface area contributed by atoms with Crippen LogP contribution >= 0.6 is 0 Å². The van der Waals surface area contributed by atoms with E-state index in [9.17, 15) is 5.11 Å². The van der Waals surface area contributed by atoms with Gasteiger partial charge in [0.05, 0.1) is 21.1 Å². The van der Waals surface area contributed by atoms with Crippen LogP contribution in [-0.2, 0) is 6.42 Å². The number of quaternary nitrogens is 1. The fourth-order valence-electron chi connectivity index (χ4n) is 2.92. The molecule has 0 spiro atoms. The van der Waals surface area contributed by atoms with Crippen molar-refractivity contribution < 1.29 is 26.7 Å². The molecule has 0 aliphatic heterocycles. The smallest absolute Gasteiger partial charge is 0.137 e. The van der Waals surface area contributed by atoms with E-state index in [0.717, 1.165) is 16.7 Å². The van der Waals surface area contributed by atoms with Crippen molar-refractivity contribution in [1.82, 2.24) is 0 Å². The van der Waals surface area contributed by atoms with Crippen LogP contribution < -0.4 is 17.1 Å². The molecule has 146 valence electrons. The molecule has 25 heavy (non-hydrogen) atoms. The lowest BCUT2D eigenvalue weighted by molar-refractivity contribution is -0.873. The van der Waals surface area contributed by atoms with Crippen molar-refractivity contribution in [3.63, 3.8) is 0 Å². The molecule has 1 atom stereocenters. The Labute approximate surface area is 161 Å². The van der Waals surface area contributed by atoms with Gasteiger partial charge in [0, 0.05) is 0 Å². The van der Waals surface area contributed by atoms with Crippen molar-refractivity contribution in [3.05, 3.63) is 29.8 Å². The Bertz CT molecular complexity index is 429. The van der Waals surface area contributed by atoms with E-state index in [1.807, 2.05) is 12.1 Å². The van der Waals surface area contributed by atoms with Crippen LogP contribution in [0.1, 0.15) is 57.4 Å². The molecule has 0 aliphatic carbocycles. The van der Waals surface area contributed by atoms with Crippen molar-refractivity contribution in [1.29, 1.82) is 0 Å². The summed E-state index contributed by atoms with van der Waals surface area (Å²) in [6, 6.07) is 8.35. The van der Waals surface area contributed by atoms with Crippen molar-refractivity contribution in [2.75, 3.05) is 34.3 Å². The Morgan fingerprint density at radius 1 is 0.920 bits per heavy atom. The average Bonchev–Trinajstić information content (AvgIpc) is 2.51. The van der Waals surface area contributed by atoms with E-state index in [-0.39, 0.29) is 12.4 Å². The SMILES string of the molecule is CCCCCCCCCc1ccc(OCC(O)C[N+](C)(C)C)cc1.[Cl-]. The van der Waals surface area contributed by atoms with Gasteiger partial charge in [0.25, 0.3) is 0 Å². The predicted molar refractivity (Wildman–Crippen MR) is 103 cm³/mol. The number of likely N-dealkylation sites (N-methyl/N-ethyl adjacent to an activating group) is 1. The van der Waals surface area contributed by atoms with Crippen molar-refractivity contribution >= 4 is 0 Å². The topological polar surface area (TPSA) is 29.5 Å². The van der Waals surface area contributed by atoms with Crippen LogP contribution in [0.4, 0.5) is 0 Å². The van der Waals surface area contributed by atoms with Gasteiger partial charge in [0.1, 0.15) is 25.0 Å². The van der Waals surface area contributed by atoms with Crippen LogP contribution in [0.2, 0.25) is 0 Å². The molecule has 3 nitrogen and oxygen atoms in total. The number of aryl methyl sites for hydroxylation is 1. The summed E-state index contributed by atoms with van der Waals surface area (Å²) in [5.41, 5.74) is 1.38. The normalized spacial score (nSPS) is 12.5. The second kappa shape index (κ2) is 13.4. The number of nitrogens with zero attached hydrogens (tertiary/aromatic N) is 1. The zero-order valence-electron chi connectivity index (χ0n) is 16.6. The summed E-state index contributed by atoms with van der Waals surface area (Å²) in [6.45, 7) is 3.31. The monoisotopic (exact) mass is 371 g/mol. The molecule has 1 aromatic carbocycles. The first-order chi connectivity index (χ1) is 11.4. The van der Waals surface area contributed by atoms with E-state index in [4.69, 9.17) is 4.74 Å². The summed E-state index contributed by atoms with van der Waals surface area (Å²) in [5, 5.41) is 9.98. The number of unbranched alkanes of at least 4 members (excludes halogenated alkanes) is 6. The fourth-order valence-corrected chi connectivity index (χ4v) is 2.92. The maximum Gasteiger partial charge on any atom is 0.137 e. The molecule has 0 saturated carbocycles. The molecule has 0 fully saturated rings. The lowest BCUT2D eigenvalue weighted by atomic mass is 10.0. The lowest BCUT2D eigenvalue weighted by Gasteiger charge is -2.26. The molecule has 0 bridgehead atoms. The first-order valence-corrected chi connectivity index (χ1v) is 9.61. The summed E-state index contributed by atoms with van der Waals surface area (Å²) in [4.78, 5) is 0. The lowest BCUT2D eigenvalue weighted by Crippen LogP contribution is -3.00. The summed E-state index contributed by atoms with van der Waals surface area (Å²) in [6.07, 6.45) is 10.2. The first-order valence-electron chi connectivity index (χ1n) is 9.61. The molecule has 1 unspecified atom stereocenters. The minimum absolute atomic E-state index is 0. The third-order valence-corrected chi connectivity index (χ3v) is 4.19. The summed E-state index contributed by atoms with van der Waals surface area (Å²) in [5.74, 6) is 0.846. The van der Waals surface area contributed by atoms with Gasteiger partial charge in [-0.1, -0.05) is 57.6 Å². The highest BCUT2D eigenvalue weighted by Crippen LogP contribution is 2.15. The number of ether oxygens (including phenoxy) is 1. The van der Waals surface area contributed by atoms with Gasteiger partial charge >= 0.3 is 0 Å². The van der Waals surface area contributed by atoms with Crippen molar-refractivity contribution in [3.8, 4) is 5.75 Å². The number of aliphatic hydroxyl groups excluding tert-OH is 1. The summed E-state index contributed by atoms with van der Waals surface area (Å²) >= 11 is 0. The van der Waals surface area contributed by atoms with Gasteiger partial charge in [-0.3, -0.25) is 0 Å². The standard InChI is InChI=1S/C21H38NO2.ClH/c1-5-6-7-8-9-10-11-12-19-13-15-21(16-14-19)24-18-20(23)17-22(2,3)4;/h13-16,20,23H,5-12,17-18H2,1-4H3;1H/q+1;/p-1. The van der Waals surface area contributed by atoms with Crippen LogP contribution in [0.15, 0.2) is 24.3 Å². The third-order valence-electron chi connectivity index (χ3n) is 4.19. The Kier molecular flexibility index (Phi) is 13.0. The molecule has 0 saturated heterocycles. The quantitative estimate of drug-likeness (QED) is 0.420. The molecule has 1 aromatic rings. The summed E-state index contributed by atoms with van der Waals surface area (Å²) < 4.78 is 6.43.